The maximum atomic E-state index is 5.71. The summed E-state index contributed by atoms with van der Waals surface area (Å²) in [6, 6.07) is 107. The fourth-order valence-electron chi connectivity index (χ4n) is 18.2. The largest absolute Gasteiger partial charge is 0.496 e. The molecule has 1 nitrogen and oxygen atoms in total. The standard InChI is InChI=1S/C95H70O/c1-55-49-58(42-48-86(55)96-8)87-68-24-9-11-26-70(68)88(71-27-12-10-25-69(71)87)60-40-46-66-64-43-37-56(50-81(64)94(4,5)84(66)53-60)57-38-44-65-67-47-41-61(54-85(67)95(6,7)82(65)51-57)90-74-30-15-19-34-78(74)92(79-35-20-16-31-75(79)90)91-76-32-17-13-28-72(76)89(73-29-14-18-33-77(73)91)59-39-45-63-62-23-21-22-36-80(62)93(2,3)83(63)52-59/h9-54H,1-8H3. The van der Waals surface area contributed by atoms with E-state index < -0.39 is 0 Å². The zero-order valence-electron chi connectivity index (χ0n) is 55.5. The summed E-state index contributed by atoms with van der Waals surface area (Å²) >= 11 is 0. The van der Waals surface area contributed by atoms with Gasteiger partial charge < -0.3 is 4.74 Å². The van der Waals surface area contributed by atoms with E-state index >= 15 is 0 Å². The Labute approximate surface area is 561 Å². The van der Waals surface area contributed by atoms with Crippen LogP contribution in [0.2, 0.25) is 0 Å². The highest BCUT2D eigenvalue weighted by Gasteiger charge is 2.40. The number of hydrogen-bond acceptors (Lipinski definition) is 1. The van der Waals surface area contributed by atoms with E-state index in [-0.39, 0.29) is 16.2 Å². The highest BCUT2D eigenvalue weighted by molar-refractivity contribution is 6.30. The molecule has 0 amide bonds. The van der Waals surface area contributed by atoms with Gasteiger partial charge in [0.25, 0.3) is 0 Å². The van der Waals surface area contributed by atoms with E-state index in [0.29, 0.717) is 0 Å². The molecule has 0 aliphatic heterocycles. The predicted molar refractivity (Wildman–Crippen MR) is 408 cm³/mol. The van der Waals surface area contributed by atoms with Gasteiger partial charge in [0.1, 0.15) is 5.75 Å². The maximum absolute atomic E-state index is 5.71. The van der Waals surface area contributed by atoms with Crippen molar-refractivity contribution in [2.45, 2.75) is 64.7 Å². The number of rotatable bonds is 7. The second kappa shape index (κ2) is 20.4. The third kappa shape index (κ3) is 7.86. The van der Waals surface area contributed by atoms with Gasteiger partial charge in [0.2, 0.25) is 0 Å². The molecule has 0 aromatic heterocycles. The van der Waals surface area contributed by atoms with Crippen molar-refractivity contribution in [2.24, 2.45) is 0 Å². The van der Waals surface area contributed by atoms with Gasteiger partial charge in [0, 0.05) is 16.2 Å². The van der Waals surface area contributed by atoms with Gasteiger partial charge in [-0.15, -0.1) is 0 Å². The quantitative estimate of drug-likeness (QED) is 0.145. The summed E-state index contributed by atoms with van der Waals surface area (Å²) in [5, 5.41) is 15.1. The molecule has 0 atom stereocenters. The molecule has 96 heavy (non-hydrogen) atoms. The Bertz CT molecular complexity index is 5930. The van der Waals surface area contributed by atoms with Gasteiger partial charge >= 0.3 is 0 Å². The van der Waals surface area contributed by atoms with Crippen molar-refractivity contribution in [1.82, 2.24) is 0 Å². The van der Waals surface area contributed by atoms with Crippen LogP contribution in [0.3, 0.4) is 0 Å². The Morgan fingerprint density at radius 3 is 0.719 bits per heavy atom. The van der Waals surface area contributed by atoms with Crippen LogP contribution in [-0.2, 0) is 16.2 Å². The molecular formula is C95H70O. The van der Waals surface area contributed by atoms with E-state index in [0.717, 1.165) is 11.3 Å². The van der Waals surface area contributed by atoms with Gasteiger partial charge in [0.05, 0.1) is 7.11 Å². The Morgan fingerprint density at radius 2 is 0.427 bits per heavy atom. The van der Waals surface area contributed by atoms with Crippen LogP contribution < -0.4 is 4.74 Å². The minimum absolute atomic E-state index is 0.109. The smallest absolute Gasteiger partial charge is 0.121 e. The average Bonchev–Trinajstić information content (AvgIpc) is 1.65. The Morgan fingerprint density at radius 1 is 0.208 bits per heavy atom. The summed E-state index contributed by atoms with van der Waals surface area (Å²) in [7, 11) is 1.75. The second-order valence-electron chi connectivity index (χ2n) is 28.9. The summed E-state index contributed by atoms with van der Waals surface area (Å²) in [5.74, 6) is 0.904. The summed E-state index contributed by atoms with van der Waals surface area (Å²) < 4.78 is 5.71. The molecule has 0 bridgehead atoms. The van der Waals surface area contributed by atoms with Crippen LogP contribution in [0.25, 0.3) is 165 Å². The van der Waals surface area contributed by atoms with Gasteiger partial charge in [0.15, 0.2) is 0 Å². The van der Waals surface area contributed by atoms with E-state index in [1.807, 2.05) is 0 Å². The SMILES string of the molecule is COc1ccc(-c2c3ccccc3c(-c3ccc4c(c3)C(C)(C)c3cc(-c5ccc6c(c5)C(C)(C)c5cc(-c7c8ccccc8c(-c8c9ccccc9c(-c9ccc%10c(c9)C(C)(C)c9ccccc9-%10)c9ccccc89)c8ccccc78)ccc5-6)ccc3-4)c3ccccc23)cc1C. The van der Waals surface area contributed by atoms with Crippen LogP contribution in [0.4, 0.5) is 0 Å². The van der Waals surface area contributed by atoms with Crippen LogP contribution in [0.1, 0.15) is 80.5 Å². The van der Waals surface area contributed by atoms with E-state index in [9.17, 15) is 0 Å². The molecule has 1 heteroatoms. The van der Waals surface area contributed by atoms with Gasteiger partial charge in [-0.2, -0.15) is 0 Å². The molecule has 0 unspecified atom stereocenters. The molecule has 0 radical (unpaired) electrons. The minimum Gasteiger partial charge on any atom is -0.496 e. The van der Waals surface area contributed by atoms with Crippen LogP contribution in [0, 0.1) is 6.92 Å². The molecule has 16 aromatic carbocycles. The number of hydrogen-bond donors (Lipinski definition) is 0. The molecule has 0 spiro atoms. The van der Waals surface area contributed by atoms with Gasteiger partial charge in [-0.25, -0.2) is 0 Å². The van der Waals surface area contributed by atoms with Gasteiger partial charge in [-0.05, 0) is 253 Å². The monoisotopic (exact) mass is 1230 g/mol. The van der Waals surface area contributed by atoms with E-state index in [1.165, 1.54) is 198 Å². The van der Waals surface area contributed by atoms with Crippen molar-refractivity contribution in [3.8, 4) is 106 Å². The van der Waals surface area contributed by atoms with E-state index in [2.05, 4.69) is 328 Å². The molecule has 0 heterocycles. The minimum atomic E-state index is -0.261. The van der Waals surface area contributed by atoms with E-state index in [4.69, 9.17) is 4.74 Å². The number of benzene rings is 16. The van der Waals surface area contributed by atoms with Crippen molar-refractivity contribution in [1.29, 1.82) is 0 Å². The van der Waals surface area contributed by atoms with Gasteiger partial charge in [-0.3, -0.25) is 0 Å². The molecular weight excluding hydrogens is 1160 g/mol. The molecule has 0 N–H and O–H groups in total. The molecule has 0 fully saturated rings. The second-order valence-corrected chi connectivity index (χ2v) is 28.9. The van der Waals surface area contributed by atoms with Crippen LogP contribution >= 0.6 is 0 Å². The number of ether oxygens (including phenoxy) is 1. The lowest BCUT2D eigenvalue weighted by Gasteiger charge is -2.25. The first-order chi connectivity index (χ1) is 46.8. The average molecular weight is 1230 g/mol. The zero-order valence-corrected chi connectivity index (χ0v) is 55.5. The first-order valence-electron chi connectivity index (χ1n) is 34.1. The van der Waals surface area contributed by atoms with E-state index in [1.54, 1.807) is 7.11 Å². The Hall–Kier alpha value is -11.1. The van der Waals surface area contributed by atoms with Gasteiger partial charge in [-0.1, -0.05) is 278 Å². The summed E-state index contributed by atoms with van der Waals surface area (Å²) in [6.45, 7) is 16.6. The van der Waals surface area contributed by atoms with Crippen LogP contribution in [0.5, 0.6) is 5.75 Å². The summed E-state index contributed by atoms with van der Waals surface area (Å²) in [6.07, 6.45) is 0. The summed E-state index contributed by atoms with van der Waals surface area (Å²) in [5.41, 5.74) is 31.8. The van der Waals surface area contributed by atoms with Crippen LogP contribution in [0.15, 0.2) is 279 Å². The Balaban J connectivity index is 0.689. The Kier molecular flexibility index (Phi) is 12.0. The molecule has 3 aliphatic carbocycles. The first kappa shape index (κ1) is 56.4. The third-order valence-electron chi connectivity index (χ3n) is 22.9. The van der Waals surface area contributed by atoms with Crippen molar-refractivity contribution < 1.29 is 4.74 Å². The molecule has 16 aromatic rings. The highest BCUT2D eigenvalue weighted by atomic mass is 16.5. The lowest BCUT2D eigenvalue weighted by molar-refractivity contribution is 0.412. The normalized spacial score (nSPS) is 14.3. The molecule has 456 valence electrons. The highest BCUT2D eigenvalue weighted by Crippen LogP contribution is 2.58. The molecule has 0 saturated heterocycles. The summed E-state index contributed by atoms with van der Waals surface area (Å²) in [4.78, 5) is 0. The lowest BCUT2D eigenvalue weighted by Crippen LogP contribution is -2.15. The number of fused-ring (bicyclic) bond motifs is 15. The molecule has 19 rings (SSSR count). The molecule has 0 saturated carbocycles. The van der Waals surface area contributed by atoms with Crippen molar-refractivity contribution in [2.75, 3.05) is 7.11 Å². The topological polar surface area (TPSA) is 9.23 Å². The zero-order chi connectivity index (χ0) is 64.7. The van der Waals surface area contributed by atoms with Crippen LogP contribution in [-0.4, -0.2) is 7.11 Å². The fraction of sp³-hybridized carbons (Fsp3) is 0.116. The lowest BCUT2D eigenvalue weighted by atomic mass is 9.78. The fourth-order valence-corrected chi connectivity index (χ4v) is 18.2. The maximum Gasteiger partial charge on any atom is 0.121 e. The number of methoxy groups -OCH3 is 1. The van der Waals surface area contributed by atoms with Crippen molar-refractivity contribution >= 4 is 64.6 Å². The van der Waals surface area contributed by atoms with Crippen molar-refractivity contribution in [3.63, 3.8) is 0 Å². The predicted octanol–water partition coefficient (Wildman–Crippen LogP) is 25.8. The van der Waals surface area contributed by atoms with Crippen molar-refractivity contribution in [3.05, 3.63) is 318 Å². The number of aryl methyl sites for hydroxylation is 1. The first-order valence-corrected chi connectivity index (χ1v) is 34.1. The molecule has 3 aliphatic rings. The third-order valence-corrected chi connectivity index (χ3v) is 22.9.